The zero-order valence-electron chi connectivity index (χ0n) is 10.3. The van der Waals surface area contributed by atoms with Crippen molar-refractivity contribution in [3.63, 3.8) is 0 Å². The van der Waals surface area contributed by atoms with Gasteiger partial charge in [0.2, 0.25) is 0 Å². The summed E-state index contributed by atoms with van der Waals surface area (Å²) in [5.41, 5.74) is 0.834. The first-order valence-corrected chi connectivity index (χ1v) is 6.12. The highest BCUT2D eigenvalue weighted by molar-refractivity contribution is 5.99. The van der Waals surface area contributed by atoms with E-state index in [9.17, 15) is 4.79 Å². The smallest absolute Gasteiger partial charge is 0.179 e. The van der Waals surface area contributed by atoms with Crippen LogP contribution in [0.1, 0.15) is 36.5 Å². The first-order chi connectivity index (χ1) is 7.79. The Morgan fingerprint density at radius 2 is 1.71 bits per heavy atom. The number of carbonyl (C=O) groups is 1. The fourth-order valence-corrected chi connectivity index (χ4v) is 2.32. The minimum atomic E-state index is 0. The van der Waals surface area contributed by atoms with E-state index in [2.05, 4.69) is 4.90 Å². The van der Waals surface area contributed by atoms with E-state index < -0.39 is 0 Å². The second kappa shape index (κ2) is 6.77. The minimum absolute atomic E-state index is 0. The zero-order valence-corrected chi connectivity index (χ0v) is 11.1. The Hall–Kier alpha value is -0.860. The lowest BCUT2D eigenvalue weighted by atomic mass is 10.0. The minimum Gasteiger partial charge on any atom is -0.294 e. The molecule has 3 heteroatoms. The third-order valence-corrected chi connectivity index (χ3v) is 3.38. The van der Waals surface area contributed by atoms with Crippen LogP contribution in [0.25, 0.3) is 0 Å². The molecule has 1 aliphatic rings. The van der Waals surface area contributed by atoms with Crippen molar-refractivity contribution in [2.45, 2.75) is 32.2 Å². The van der Waals surface area contributed by atoms with Crippen LogP contribution >= 0.6 is 12.4 Å². The summed E-state index contributed by atoms with van der Waals surface area (Å²) in [4.78, 5) is 14.5. The summed E-state index contributed by atoms with van der Waals surface area (Å²) in [6.45, 7) is 4.17. The van der Waals surface area contributed by atoms with Crippen LogP contribution in [0.3, 0.4) is 0 Å². The maximum atomic E-state index is 12.2. The van der Waals surface area contributed by atoms with Gasteiger partial charge in [-0.2, -0.15) is 0 Å². The maximum absolute atomic E-state index is 12.2. The summed E-state index contributed by atoms with van der Waals surface area (Å²) in [6.07, 6.45) is 3.77. The van der Waals surface area contributed by atoms with Crippen LogP contribution in [0.2, 0.25) is 0 Å². The number of likely N-dealkylation sites (tertiary alicyclic amines) is 1. The molecular weight excluding hydrogens is 234 g/mol. The summed E-state index contributed by atoms with van der Waals surface area (Å²) in [5.74, 6) is 0.252. The van der Waals surface area contributed by atoms with Crippen LogP contribution in [-0.2, 0) is 0 Å². The molecule has 0 aliphatic carbocycles. The molecule has 0 spiro atoms. The number of benzene rings is 1. The molecule has 0 saturated carbocycles. The molecule has 1 saturated heterocycles. The van der Waals surface area contributed by atoms with E-state index in [1.807, 2.05) is 37.3 Å². The number of ketones is 1. The van der Waals surface area contributed by atoms with Crippen LogP contribution in [0.4, 0.5) is 0 Å². The molecule has 1 aromatic rings. The molecule has 0 N–H and O–H groups in total. The van der Waals surface area contributed by atoms with Gasteiger partial charge in [0, 0.05) is 5.56 Å². The number of piperidine rings is 1. The number of nitrogens with zero attached hydrogens (tertiary/aromatic N) is 1. The molecule has 0 bridgehead atoms. The van der Waals surface area contributed by atoms with Crippen LogP contribution in [0, 0.1) is 0 Å². The molecule has 1 atom stereocenters. The third kappa shape index (κ3) is 3.55. The SMILES string of the molecule is CC(C(=O)c1ccccc1)N1CCCCC1.Cl. The van der Waals surface area contributed by atoms with E-state index >= 15 is 0 Å². The number of hydrogen-bond donors (Lipinski definition) is 0. The molecule has 1 aliphatic heterocycles. The van der Waals surface area contributed by atoms with Gasteiger partial charge in [-0.05, 0) is 32.9 Å². The van der Waals surface area contributed by atoms with Gasteiger partial charge >= 0.3 is 0 Å². The Bertz CT molecular complexity index is 346. The molecule has 17 heavy (non-hydrogen) atoms. The van der Waals surface area contributed by atoms with Crippen molar-refractivity contribution in [1.29, 1.82) is 0 Å². The van der Waals surface area contributed by atoms with Crippen molar-refractivity contribution in [2.24, 2.45) is 0 Å². The first kappa shape index (κ1) is 14.2. The Kier molecular flexibility index (Phi) is 5.66. The highest BCUT2D eigenvalue weighted by Gasteiger charge is 2.23. The summed E-state index contributed by atoms with van der Waals surface area (Å²) in [6, 6.07) is 9.64. The largest absolute Gasteiger partial charge is 0.294 e. The molecular formula is C14H20ClNO. The summed E-state index contributed by atoms with van der Waals surface area (Å²) >= 11 is 0. The predicted octanol–water partition coefficient (Wildman–Crippen LogP) is 3.17. The third-order valence-electron chi connectivity index (χ3n) is 3.38. The molecule has 1 unspecified atom stereocenters. The second-order valence-corrected chi connectivity index (χ2v) is 4.50. The number of Topliss-reactive ketones (excluding diaryl/α,β-unsaturated/α-hetero) is 1. The van der Waals surface area contributed by atoms with E-state index in [1.165, 1.54) is 19.3 Å². The van der Waals surface area contributed by atoms with E-state index in [4.69, 9.17) is 0 Å². The molecule has 1 heterocycles. The number of rotatable bonds is 3. The van der Waals surface area contributed by atoms with Crippen molar-refractivity contribution in [3.8, 4) is 0 Å². The van der Waals surface area contributed by atoms with Crippen LogP contribution in [0.5, 0.6) is 0 Å². The number of carbonyl (C=O) groups excluding carboxylic acids is 1. The lowest BCUT2D eigenvalue weighted by Gasteiger charge is -2.31. The van der Waals surface area contributed by atoms with Crippen molar-refractivity contribution in [3.05, 3.63) is 35.9 Å². The van der Waals surface area contributed by atoms with Gasteiger partial charge in [-0.1, -0.05) is 36.8 Å². The van der Waals surface area contributed by atoms with Gasteiger partial charge in [-0.3, -0.25) is 9.69 Å². The van der Waals surface area contributed by atoms with E-state index in [1.54, 1.807) is 0 Å². The summed E-state index contributed by atoms with van der Waals surface area (Å²) in [5, 5.41) is 0. The van der Waals surface area contributed by atoms with Gasteiger partial charge in [0.25, 0.3) is 0 Å². The lowest BCUT2D eigenvalue weighted by molar-refractivity contribution is 0.0809. The zero-order chi connectivity index (χ0) is 11.4. The monoisotopic (exact) mass is 253 g/mol. The standard InChI is InChI=1S/C14H19NO.ClH/c1-12(15-10-6-3-7-11-15)14(16)13-8-4-2-5-9-13;/h2,4-5,8-9,12H,3,6-7,10-11H2,1H3;1H. The van der Waals surface area contributed by atoms with Crippen LogP contribution in [-0.4, -0.2) is 29.8 Å². The number of halogens is 1. The lowest BCUT2D eigenvalue weighted by Crippen LogP contribution is -2.42. The van der Waals surface area contributed by atoms with Crippen molar-refractivity contribution in [2.75, 3.05) is 13.1 Å². The summed E-state index contributed by atoms with van der Waals surface area (Å²) in [7, 11) is 0. The Morgan fingerprint density at radius 1 is 1.12 bits per heavy atom. The Labute approximate surface area is 109 Å². The topological polar surface area (TPSA) is 20.3 Å². The summed E-state index contributed by atoms with van der Waals surface area (Å²) < 4.78 is 0. The van der Waals surface area contributed by atoms with Crippen molar-refractivity contribution >= 4 is 18.2 Å². The molecule has 0 radical (unpaired) electrons. The molecule has 0 amide bonds. The van der Waals surface area contributed by atoms with E-state index in [-0.39, 0.29) is 24.2 Å². The highest BCUT2D eigenvalue weighted by atomic mass is 35.5. The average molecular weight is 254 g/mol. The van der Waals surface area contributed by atoms with E-state index in [0.29, 0.717) is 0 Å². The van der Waals surface area contributed by atoms with Crippen molar-refractivity contribution in [1.82, 2.24) is 4.90 Å². The second-order valence-electron chi connectivity index (χ2n) is 4.50. The first-order valence-electron chi connectivity index (χ1n) is 6.12. The predicted molar refractivity (Wildman–Crippen MR) is 72.9 cm³/mol. The molecule has 1 fully saturated rings. The van der Waals surface area contributed by atoms with Crippen LogP contribution < -0.4 is 0 Å². The quantitative estimate of drug-likeness (QED) is 0.772. The average Bonchev–Trinajstić information content (AvgIpc) is 2.39. The fourth-order valence-electron chi connectivity index (χ4n) is 2.32. The van der Waals surface area contributed by atoms with Gasteiger partial charge < -0.3 is 0 Å². The van der Waals surface area contributed by atoms with Gasteiger partial charge in [0.1, 0.15) is 0 Å². The Morgan fingerprint density at radius 3 is 2.29 bits per heavy atom. The number of hydrogen-bond acceptors (Lipinski definition) is 2. The molecule has 2 nitrogen and oxygen atoms in total. The molecule has 0 aromatic heterocycles. The molecule has 94 valence electrons. The van der Waals surface area contributed by atoms with E-state index in [0.717, 1.165) is 18.7 Å². The highest BCUT2D eigenvalue weighted by Crippen LogP contribution is 2.15. The fraction of sp³-hybridized carbons (Fsp3) is 0.500. The van der Waals surface area contributed by atoms with Gasteiger partial charge in [0.05, 0.1) is 6.04 Å². The Balaban J connectivity index is 0.00000144. The molecule has 2 rings (SSSR count). The van der Waals surface area contributed by atoms with Crippen LogP contribution in [0.15, 0.2) is 30.3 Å². The molecule has 1 aromatic carbocycles. The van der Waals surface area contributed by atoms with Crippen molar-refractivity contribution < 1.29 is 4.79 Å². The van der Waals surface area contributed by atoms with Gasteiger partial charge in [0.15, 0.2) is 5.78 Å². The van der Waals surface area contributed by atoms with Gasteiger partial charge in [-0.15, -0.1) is 12.4 Å². The van der Waals surface area contributed by atoms with Gasteiger partial charge in [-0.25, -0.2) is 0 Å². The normalized spacial score (nSPS) is 18.2. The maximum Gasteiger partial charge on any atom is 0.179 e.